The van der Waals surface area contributed by atoms with Crippen molar-refractivity contribution in [3.63, 3.8) is 0 Å². The molecule has 40 heavy (non-hydrogen) atoms. The minimum atomic E-state index is -4.69. The van der Waals surface area contributed by atoms with Gasteiger partial charge >= 0.3 is 6.18 Å². The molecule has 6 nitrogen and oxygen atoms in total. The van der Waals surface area contributed by atoms with E-state index in [-0.39, 0.29) is 46.6 Å². The van der Waals surface area contributed by atoms with Crippen LogP contribution in [0, 0.1) is 24.1 Å². The molecule has 5 rings (SSSR count). The molecule has 1 saturated carbocycles. The lowest BCUT2D eigenvalue weighted by molar-refractivity contribution is -0.140. The molecule has 2 heterocycles. The predicted molar refractivity (Wildman–Crippen MR) is 142 cm³/mol. The fourth-order valence-corrected chi connectivity index (χ4v) is 4.97. The molecule has 0 saturated heterocycles. The number of carbonyl (C=O) groups excluding carboxylic acids is 1. The van der Waals surface area contributed by atoms with Gasteiger partial charge in [0.2, 0.25) is 5.62 Å². The summed E-state index contributed by atoms with van der Waals surface area (Å²) in [6.07, 6.45) is 1.71. The zero-order valence-electron chi connectivity index (χ0n) is 22.1. The molecule has 4 aromatic rings. The molecular weight excluding hydrogens is 522 g/mol. The SMILES string of the molecule is CCn1ccn(Cc2cc(C(=O)NC(c3ccc(F)c(C)c3)C3CC3)cc(-c3cccnc3C(F)(F)F)c2)c1=N. The monoisotopic (exact) mass is 551 g/mol. The number of aryl methyl sites for hydroxylation is 2. The lowest BCUT2D eigenvalue weighted by atomic mass is 9.96. The molecule has 2 aromatic carbocycles. The van der Waals surface area contributed by atoms with Gasteiger partial charge in [-0.1, -0.05) is 18.2 Å². The predicted octanol–water partition coefficient (Wildman–Crippen LogP) is 6.25. The van der Waals surface area contributed by atoms with E-state index in [1.54, 1.807) is 52.7 Å². The Hall–Kier alpha value is -4.21. The second kappa shape index (κ2) is 10.7. The number of imidazole rings is 1. The average Bonchev–Trinajstić information content (AvgIpc) is 3.71. The van der Waals surface area contributed by atoms with Crippen molar-refractivity contribution in [1.29, 1.82) is 5.41 Å². The highest BCUT2D eigenvalue weighted by molar-refractivity contribution is 5.96. The van der Waals surface area contributed by atoms with Crippen LogP contribution in [-0.2, 0) is 19.3 Å². The van der Waals surface area contributed by atoms with Gasteiger partial charge in [-0.25, -0.2) is 4.39 Å². The van der Waals surface area contributed by atoms with Crippen LogP contribution in [0.5, 0.6) is 0 Å². The van der Waals surface area contributed by atoms with Crippen LogP contribution in [0.1, 0.15) is 58.5 Å². The van der Waals surface area contributed by atoms with E-state index in [0.717, 1.165) is 24.6 Å². The summed E-state index contributed by atoms with van der Waals surface area (Å²) < 4.78 is 58.9. The number of amides is 1. The number of nitrogens with one attached hydrogen (secondary N) is 2. The Bertz CT molecular complexity index is 1620. The number of hydrogen-bond donors (Lipinski definition) is 2. The van der Waals surface area contributed by atoms with Crippen LogP contribution >= 0.6 is 0 Å². The number of hydrogen-bond acceptors (Lipinski definition) is 3. The third kappa shape index (κ3) is 5.71. The first kappa shape index (κ1) is 27.4. The Labute approximate surface area is 228 Å². The van der Waals surface area contributed by atoms with Crippen molar-refractivity contribution in [3.8, 4) is 11.1 Å². The van der Waals surface area contributed by atoms with Crippen LogP contribution in [0.25, 0.3) is 11.1 Å². The molecule has 1 atom stereocenters. The first-order valence-electron chi connectivity index (χ1n) is 13.1. The number of carbonyl (C=O) groups is 1. The van der Waals surface area contributed by atoms with E-state index in [2.05, 4.69) is 10.3 Å². The molecule has 2 aromatic heterocycles. The number of rotatable bonds is 8. The summed E-state index contributed by atoms with van der Waals surface area (Å²) in [6.45, 7) is 4.35. The van der Waals surface area contributed by atoms with Crippen molar-refractivity contribution in [2.75, 3.05) is 0 Å². The van der Waals surface area contributed by atoms with Crippen LogP contribution < -0.4 is 10.9 Å². The summed E-state index contributed by atoms with van der Waals surface area (Å²) in [5, 5.41) is 11.4. The first-order chi connectivity index (χ1) is 19.0. The minimum absolute atomic E-state index is 0.138. The number of benzene rings is 2. The Balaban J connectivity index is 1.56. The lowest BCUT2D eigenvalue weighted by Gasteiger charge is -2.20. The fraction of sp³-hybridized carbons (Fsp3) is 0.300. The van der Waals surface area contributed by atoms with Crippen LogP contribution in [0.2, 0.25) is 0 Å². The average molecular weight is 552 g/mol. The number of pyridine rings is 1. The van der Waals surface area contributed by atoms with E-state index in [0.29, 0.717) is 17.7 Å². The van der Waals surface area contributed by atoms with Gasteiger partial charge in [0, 0.05) is 36.3 Å². The standard InChI is InChI=1S/C30H29F4N5O/c1-3-38-11-12-39(29(38)35)17-19-14-22(24-5-4-10-36-27(24)30(32,33)34)16-23(15-19)28(40)37-26(20-6-7-20)21-8-9-25(31)18(2)13-21/h4-5,8-16,20,26,35H,3,6-7,17H2,1-2H3,(H,37,40). The van der Waals surface area contributed by atoms with Gasteiger partial charge in [0.05, 0.1) is 12.6 Å². The number of nitrogens with zero attached hydrogens (tertiary/aromatic N) is 3. The van der Waals surface area contributed by atoms with E-state index in [1.165, 1.54) is 24.3 Å². The molecule has 1 fully saturated rings. The minimum Gasteiger partial charge on any atom is -0.345 e. The molecule has 1 unspecified atom stereocenters. The van der Waals surface area contributed by atoms with Crippen molar-refractivity contribution < 1.29 is 22.4 Å². The van der Waals surface area contributed by atoms with Crippen molar-refractivity contribution >= 4 is 5.91 Å². The molecule has 0 aliphatic heterocycles. The fourth-order valence-electron chi connectivity index (χ4n) is 4.97. The van der Waals surface area contributed by atoms with Gasteiger partial charge in [-0.3, -0.25) is 15.2 Å². The van der Waals surface area contributed by atoms with Gasteiger partial charge < -0.3 is 14.5 Å². The highest BCUT2D eigenvalue weighted by Crippen LogP contribution is 2.42. The van der Waals surface area contributed by atoms with Gasteiger partial charge in [0.25, 0.3) is 5.91 Å². The maximum Gasteiger partial charge on any atom is 0.433 e. The second-order valence-electron chi connectivity index (χ2n) is 10.1. The first-order valence-corrected chi connectivity index (χ1v) is 13.1. The highest BCUT2D eigenvalue weighted by Gasteiger charge is 2.36. The summed E-state index contributed by atoms with van der Waals surface area (Å²) in [4.78, 5) is 17.2. The van der Waals surface area contributed by atoms with Crippen LogP contribution in [0.3, 0.4) is 0 Å². The van der Waals surface area contributed by atoms with Crippen molar-refractivity contribution in [3.05, 3.63) is 107 Å². The zero-order valence-corrected chi connectivity index (χ0v) is 22.1. The highest BCUT2D eigenvalue weighted by atomic mass is 19.4. The molecule has 2 N–H and O–H groups in total. The van der Waals surface area contributed by atoms with Gasteiger partial charge in [0.15, 0.2) is 5.69 Å². The Morgan fingerprint density at radius 2 is 1.88 bits per heavy atom. The summed E-state index contributed by atoms with van der Waals surface area (Å²) in [5.41, 5.74) is 1.27. The molecule has 1 aliphatic rings. The van der Waals surface area contributed by atoms with Crippen molar-refractivity contribution in [2.45, 2.75) is 52.0 Å². The van der Waals surface area contributed by atoms with Crippen LogP contribution in [-0.4, -0.2) is 20.0 Å². The molecule has 1 aliphatic carbocycles. The van der Waals surface area contributed by atoms with Crippen molar-refractivity contribution in [2.24, 2.45) is 5.92 Å². The zero-order chi connectivity index (χ0) is 28.6. The number of alkyl halides is 3. The maximum atomic E-state index is 13.9. The third-order valence-electron chi connectivity index (χ3n) is 7.23. The van der Waals surface area contributed by atoms with Gasteiger partial charge in [-0.15, -0.1) is 0 Å². The van der Waals surface area contributed by atoms with E-state index in [1.807, 2.05) is 6.92 Å². The second-order valence-corrected chi connectivity index (χ2v) is 10.1. The van der Waals surface area contributed by atoms with Crippen LogP contribution in [0.4, 0.5) is 17.6 Å². The Kier molecular flexibility index (Phi) is 7.35. The largest absolute Gasteiger partial charge is 0.433 e. The number of aromatic nitrogens is 3. The summed E-state index contributed by atoms with van der Waals surface area (Å²) >= 11 is 0. The normalized spacial score (nSPS) is 14.2. The van der Waals surface area contributed by atoms with Crippen LogP contribution in [0.15, 0.2) is 67.1 Å². The Morgan fingerprint density at radius 3 is 2.52 bits per heavy atom. The molecule has 208 valence electrons. The van der Waals surface area contributed by atoms with E-state index in [4.69, 9.17) is 5.41 Å². The molecular formula is C30H29F4N5O. The molecule has 10 heteroatoms. The summed E-state index contributed by atoms with van der Waals surface area (Å²) in [7, 11) is 0. The van der Waals surface area contributed by atoms with Gasteiger partial charge in [-0.05, 0) is 85.2 Å². The number of halogens is 4. The summed E-state index contributed by atoms with van der Waals surface area (Å²) in [6, 6.07) is 11.8. The molecule has 0 spiro atoms. The van der Waals surface area contributed by atoms with E-state index >= 15 is 0 Å². The smallest absolute Gasteiger partial charge is 0.345 e. The summed E-state index contributed by atoms with van der Waals surface area (Å²) in [5.74, 6) is -0.578. The molecule has 1 amide bonds. The lowest BCUT2D eigenvalue weighted by Crippen LogP contribution is -2.30. The Morgan fingerprint density at radius 1 is 1.12 bits per heavy atom. The van der Waals surface area contributed by atoms with Crippen molar-refractivity contribution in [1.82, 2.24) is 19.4 Å². The molecule has 0 radical (unpaired) electrons. The quantitative estimate of drug-likeness (QED) is 0.254. The van der Waals surface area contributed by atoms with Gasteiger partial charge in [-0.2, -0.15) is 13.2 Å². The van der Waals surface area contributed by atoms with Gasteiger partial charge in [0.1, 0.15) is 5.82 Å². The maximum absolute atomic E-state index is 13.9. The topological polar surface area (TPSA) is 75.7 Å². The van der Waals surface area contributed by atoms with E-state index in [9.17, 15) is 22.4 Å². The molecule has 0 bridgehead atoms. The third-order valence-corrected chi connectivity index (χ3v) is 7.23. The van der Waals surface area contributed by atoms with E-state index < -0.39 is 17.8 Å².